The van der Waals surface area contributed by atoms with Gasteiger partial charge in [0.1, 0.15) is 17.1 Å². The topological polar surface area (TPSA) is 73.3 Å². The van der Waals surface area contributed by atoms with Crippen molar-refractivity contribution in [1.82, 2.24) is 14.8 Å². The van der Waals surface area contributed by atoms with E-state index in [1.54, 1.807) is 41.0 Å². The molecule has 0 radical (unpaired) electrons. The maximum atomic E-state index is 13.9. The summed E-state index contributed by atoms with van der Waals surface area (Å²) in [6.07, 6.45) is -3.33. The quantitative estimate of drug-likeness (QED) is 0.476. The summed E-state index contributed by atoms with van der Waals surface area (Å²) in [7, 11) is 0. The van der Waals surface area contributed by atoms with Crippen LogP contribution in [0.3, 0.4) is 0 Å². The molecule has 31 heavy (non-hydrogen) atoms. The van der Waals surface area contributed by atoms with Crippen molar-refractivity contribution in [2.45, 2.75) is 19.0 Å². The molecule has 2 aromatic heterocycles. The molecule has 4 aromatic rings. The van der Waals surface area contributed by atoms with E-state index in [9.17, 15) is 22.4 Å². The Morgan fingerprint density at radius 3 is 2.48 bits per heavy atom. The van der Waals surface area contributed by atoms with E-state index in [1.807, 2.05) is 6.07 Å². The summed E-state index contributed by atoms with van der Waals surface area (Å²) in [5, 5.41) is 7.78. The number of anilines is 1. The highest BCUT2D eigenvalue weighted by Crippen LogP contribution is 2.31. The highest BCUT2D eigenvalue weighted by molar-refractivity contribution is 5.87. The Hall–Kier alpha value is -3.75. The first-order chi connectivity index (χ1) is 14.7. The van der Waals surface area contributed by atoms with Crippen molar-refractivity contribution in [3.05, 3.63) is 83.3 Å². The maximum absolute atomic E-state index is 13.9. The Morgan fingerprint density at radius 2 is 1.77 bits per heavy atom. The minimum atomic E-state index is -4.60. The van der Waals surface area contributed by atoms with E-state index in [0.29, 0.717) is 23.2 Å². The zero-order valence-electron chi connectivity index (χ0n) is 16.0. The van der Waals surface area contributed by atoms with Gasteiger partial charge in [-0.1, -0.05) is 35.5 Å². The second-order valence-corrected chi connectivity index (χ2v) is 7.08. The summed E-state index contributed by atoms with van der Waals surface area (Å²) < 4.78 is 54.0. The van der Waals surface area contributed by atoms with Crippen LogP contribution in [0.2, 0.25) is 0 Å². The number of hydrogen-bond acceptors (Lipinski definition) is 4. The number of alkyl halides is 3. The van der Waals surface area contributed by atoms with Crippen LogP contribution in [0.5, 0.6) is 0 Å². The molecule has 2 aromatic carbocycles. The summed E-state index contributed by atoms with van der Waals surface area (Å²) in [6, 6.07) is 12.8. The predicted molar refractivity (Wildman–Crippen MR) is 107 cm³/mol. The average Bonchev–Trinajstić information content (AvgIpc) is 3.10. The summed E-state index contributed by atoms with van der Waals surface area (Å²) in [5.74, 6) is -0.938. The van der Waals surface area contributed by atoms with Gasteiger partial charge in [-0.15, -0.1) is 5.10 Å². The first kappa shape index (κ1) is 20.5. The molecule has 5 nitrogen and oxygen atoms in total. The average molecular weight is 428 g/mol. The Bertz CT molecular complexity index is 1260. The van der Waals surface area contributed by atoms with Crippen molar-refractivity contribution in [2.24, 2.45) is 0 Å². The molecule has 158 valence electrons. The van der Waals surface area contributed by atoms with Crippen LogP contribution in [0.4, 0.5) is 23.4 Å². The molecule has 9 heteroatoms. The summed E-state index contributed by atoms with van der Waals surface area (Å²) in [4.78, 5) is 12.4. The molecule has 0 unspecified atom stereocenters. The Kier molecular flexibility index (Phi) is 5.18. The minimum Gasteiger partial charge on any atom is -0.380 e. The van der Waals surface area contributed by atoms with Gasteiger partial charge in [-0.3, -0.25) is 4.79 Å². The number of Topliss-reactive ketones (excluding diaryl/α,β-unsaturated/α-hetero) is 1. The molecule has 4 rings (SSSR count). The molecule has 0 spiro atoms. The number of aromatic nitrogens is 3. The third kappa shape index (κ3) is 4.25. The van der Waals surface area contributed by atoms with Gasteiger partial charge in [0.15, 0.2) is 5.82 Å². The lowest BCUT2D eigenvalue weighted by Gasteiger charge is -2.10. The zero-order valence-corrected chi connectivity index (χ0v) is 16.0. The van der Waals surface area contributed by atoms with Crippen molar-refractivity contribution < 1.29 is 22.4 Å². The van der Waals surface area contributed by atoms with Crippen molar-refractivity contribution in [3.8, 4) is 11.1 Å². The van der Waals surface area contributed by atoms with Gasteiger partial charge >= 0.3 is 6.18 Å². The van der Waals surface area contributed by atoms with E-state index in [2.05, 4.69) is 10.3 Å². The number of carbonyl (C=O) groups excluding carboxylic acids is 1. The monoisotopic (exact) mass is 428 g/mol. The number of carbonyl (C=O) groups is 1. The normalized spacial score (nSPS) is 11.7. The van der Waals surface area contributed by atoms with Gasteiger partial charge in [-0.2, -0.15) is 13.2 Å². The number of nitrogens with zero attached hydrogens (tertiary/aromatic N) is 3. The highest BCUT2D eigenvalue weighted by Gasteiger charge is 2.31. The first-order valence-electron chi connectivity index (χ1n) is 9.28. The molecule has 0 atom stereocenters. The molecular weight excluding hydrogens is 412 g/mol. The lowest BCUT2D eigenvalue weighted by atomic mass is 9.98. The number of benzene rings is 2. The fourth-order valence-electron chi connectivity index (χ4n) is 3.40. The van der Waals surface area contributed by atoms with Crippen molar-refractivity contribution in [1.29, 1.82) is 0 Å². The van der Waals surface area contributed by atoms with Crippen LogP contribution < -0.4 is 5.73 Å². The zero-order chi connectivity index (χ0) is 22.2. The minimum absolute atomic E-state index is 0.0312. The lowest BCUT2D eigenvalue weighted by molar-refractivity contribution is -0.137. The van der Waals surface area contributed by atoms with Gasteiger partial charge in [0, 0.05) is 24.6 Å². The molecule has 0 saturated heterocycles. The van der Waals surface area contributed by atoms with E-state index in [4.69, 9.17) is 5.73 Å². The molecule has 0 aliphatic rings. The molecule has 0 fully saturated rings. The Morgan fingerprint density at radius 1 is 1.03 bits per heavy atom. The molecule has 0 saturated carbocycles. The van der Waals surface area contributed by atoms with Crippen LogP contribution in [0.25, 0.3) is 16.6 Å². The SMILES string of the molecule is Nc1nnn2cccc(-c3ccc(CC(=O)Cc4cc(C(F)(F)F)ccc4F)cc3)c12. The number of fused-ring (bicyclic) bond motifs is 1. The van der Waals surface area contributed by atoms with Gasteiger partial charge in [0.05, 0.1) is 5.56 Å². The molecule has 2 heterocycles. The van der Waals surface area contributed by atoms with E-state index >= 15 is 0 Å². The smallest absolute Gasteiger partial charge is 0.380 e. The molecule has 0 aliphatic carbocycles. The van der Waals surface area contributed by atoms with Crippen LogP contribution in [0.15, 0.2) is 60.8 Å². The van der Waals surface area contributed by atoms with Gasteiger partial charge in [-0.25, -0.2) is 8.91 Å². The number of pyridine rings is 1. The number of nitrogen functional groups attached to an aromatic ring is 1. The predicted octanol–water partition coefficient (Wildman–Crippen LogP) is 4.49. The van der Waals surface area contributed by atoms with Crippen LogP contribution in [0.1, 0.15) is 16.7 Å². The van der Waals surface area contributed by atoms with Gasteiger partial charge < -0.3 is 5.73 Å². The lowest BCUT2D eigenvalue weighted by Crippen LogP contribution is -2.11. The first-order valence-corrected chi connectivity index (χ1v) is 9.28. The van der Waals surface area contributed by atoms with Crippen LogP contribution in [0, 0.1) is 5.82 Å². The van der Waals surface area contributed by atoms with Crippen molar-refractivity contribution >= 4 is 17.1 Å². The van der Waals surface area contributed by atoms with Gasteiger partial charge in [-0.05, 0) is 41.0 Å². The van der Waals surface area contributed by atoms with E-state index in [1.165, 1.54) is 0 Å². The summed E-state index contributed by atoms with van der Waals surface area (Å²) >= 11 is 0. The molecule has 2 N–H and O–H groups in total. The van der Waals surface area contributed by atoms with Crippen molar-refractivity contribution in [3.63, 3.8) is 0 Å². The highest BCUT2D eigenvalue weighted by atomic mass is 19.4. The number of halogens is 4. The van der Waals surface area contributed by atoms with Crippen LogP contribution in [-0.4, -0.2) is 20.6 Å². The third-order valence-electron chi connectivity index (χ3n) is 4.89. The molecular formula is C22H16F4N4O. The fraction of sp³-hybridized carbons (Fsp3) is 0.136. The Balaban J connectivity index is 1.51. The standard InChI is InChI=1S/C22H16F4N4O/c23-19-8-7-16(22(24,25)26)11-15(19)12-17(31)10-13-3-5-14(6-4-13)18-2-1-9-30-20(18)21(27)28-29-30/h1-9,11H,10,12,27H2. The maximum Gasteiger partial charge on any atom is 0.416 e. The fourth-order valence-corrected chi connectivity index (χ4v) is 3.40. The van der Waals surface area contributed by atoms with Crippen LogP contribution >= 0.6 is 0 Å². The summed E-state index contributed by atoms with van der Waals surface area (Å²) in [6.45, 7) is 0. The number of ketones is 1. The number of hydrogen-bond donors (Lipinski definition) is 1. The Labute approximate surface area is 174 Å². The van der Waals surface area contributed by atoms with E-state index in [-0.39, 0.29) is 17.8 Å². The molecule has 0 aliphatic heterocycles. The third-order valence-corrected chi connectivity index (χ3v) is 4.89. The van der Waals surface area contributed by atoms with Crippen LogP contribution in [-0.2, 0) is 23.8 Å². The molecule has 0 bridgehead atoms. The second kappa shape index (κ2) is 7.82. The largest absolute Gasteiger partial charge is 0.416 e. The molecule has 0 amide bonds. The van der Waals surface area contributed by atoms with Gasteiger partial charge in [0.25, 0.3) is 0 Å². The van der Waals surface area contributed by atoms with E-state index < -0.39 is 29.8 Å². The van der Waals surface area contributed by atoms with E-state index in [0.717, 1.165) is 17.2 Å². The second-order valence-electron chi connectivity index (χ2n) is 7.08. The van der Waals surface area contributed by atoms with Crippen molar-refractivity contribution in [2.75, 3.05) is 5.73 Å². The summed E-state index contributed by atoms with van der Waals surface area (Å²) in [5.41, 5.74) is 7.60. The van der Waals surface area contributed by atoms with Gasteiger partial charge in [0.2, 0.25) is 0 Å². The number of nitrogens with two attached hydrogens (primary N) is 1. The number of rotatable bonds is 5.